The molecule has 2 heterocycles. The number of ether oxygens (including phenoxy) is 1. The van der Waals surface area contributed by atoms with Crippen LogP contribution in [0.4, 0.5) is 0 Å². The molecular formula is C8H9N5O2S. The first-order valence-electron chi connectivity index (χ1n) is 4.36. The number of amides is 1. The van der Waals surface area contributed by atoms with Crippen molar-refractivity contribution in [3.05, 3.63) is 17.6 Å². The number of primary amides is 1. The quantitative estimate of drug-likeness (QED) is 0.564. The number of nitrogens with zero attached hydrogens (tertiary/aromatic N) is 4. The van der Waals surface area contributed by atoms with Gasteiger partial charge in [-0.05, 0) is 0 Å². The maximum absolute atomic E-state index is 11.0. The topological polar surface area (TPSA) is 95.4 Å². The molecule has 0 aliphatic heterocycles. The van der Waals surface area contributed by atoms with Gasteiger partial charge >= 0.3 is 0 Å². The van der Waals surface area contributed by atoms with Crippen molar-refractivity contribution in [2.24, 2.45) is 5.73 Å². The van der Waals surface area contributed by atoms with Gasteiger partial charge in [0.1, 0.15) is 17.3 Å². The Labute approximate surface area is 96.0 Å². The minimum absolute atomic E-state index is 0.105. The van der Waals surface area contributed by atoms with Crippen LogP contribution in [0.1, 0.15) is 16.3 Å². The predicted octanol–water partition coefficient (Wildman–Crippen LogP) is -0.342. The summed E-state index contributed by atoms with van der Waals surface area (Å²) in [5.41, 5.74) is 5.23. The van der Waals surface area contributed by atoms with Crippen molar-refractivity contribution in [3.8, 4) is 0 Å². The van der Waals surface area contributed by atoms with Crippen molar-refractivity contribution in [2.75, 3.05) is 7.11 Å². The number of carbonyl (C=O) groups is 1. The van der Waals surface area contributed by atoms with Crippen LogP contribution in [-0.4, -0.2) is 32.6 Å². The molecule has 0 atom stereocenters. The number of thiol groups is 1. The lowest BCUT2D eigenvalue weighted by Crippen LogP contribution is -2.14. The molecule has 0 fully saturated rings. The molecule has 0 aliphatic rings. The number of nitrogens with two attached hydrogens (primary N) is 1. The molecule has 0 bridgehead atoms. The van der Waals surface area contributed by atoms with Crippen molar-refractivity contribution in [3.63, 3.8) is 0 Å². The van der Waals surface area contributed by atoms with Crippen LogP contribution < -0.4 is 5.73 Å². The maximum Gasteiger partial charge on any atom is 0.267 e. The largest absolute Gasteiger partial charge is 0.377 e. The van der Waals surface area contributed by atoms with Crippen molar-refractivity contribution < 1.29 is 9.53 Å². The Bertz CT molecular complexity index is 553. The average Bonchev–Trinajstić information content (AvgIpc) is 2.61. The molecule has 0 radical (unpaired) electrons. The number of hydrogen-bond acceptors (Lipinski definition) is 6. The Kier molecular flexibility index (Phi) is 2.75. The highest BCUT2D eigenvalue weighted by Gasteiger charge is 2.11. The molecule has 0 aliphatic carbocycles. The zero-order valence-corrected chi connectivity index (χ0v) is 9.31. The van der Waals surface area contributed by atoms with E-state index in [9.17, 15) is 4.79 Å². The van der Waals surface area contributed by atoms with E-state index in [0.717, 1.165) is 0 Å². The fourth-order valence-electron chi connectivity index (χ4n) is 1.21. The lowest BCUT2D eigenvalue weighted by atomic mass is 10.4. The summed E-state index contributed by atoms with van der Waals surface area (Å²) in [5.74, 6) is 0.106. The molecular weight excluding hydrogens is 230 g/mol. The lowest BCUT2D eigenvalue weighted by molar-refractivity contribution is 0.0995. The molecule has 7 nitrogen and oxygen atoms in total. The Morgan fingerprint density at radius 2 is 2.38 bits per heavy atom. The Hall–Kier alpha value is -1.67. The summed E-state index contributed by atoms with van der Waals surface area (Å²) >= 11 is 4.17. The van der Waals surface area contributed by atoms with Crippen LogP contribution in [0.15, 0.2) is 11.1 Å². The molecule has 0 aromatic carbocycles. The van der Waals surface area contributed by atoms with E-state index in [-0.39, 0.29) is 18.1 Å². The van der Waals surface area contributed by atoms with Gasteiger partial charge < -0.3 is 10.5 Å². The molecule has 8 heteroatoms. The molecule has 2 aromatic rings. The highest BCUT2D eigenvalue weighted by molar-refractivity contribution is 7.80. The second-order valence-corrected chi connectivity index (χ2v) is 3.49. The third-order valence-corrected chi connectivity index (χ3v) is 2.18. The zero-order valence-electron chi connectivity index (χ0n) is 8.41. The molecule has 0 spiro atoms. The van der Waals surface area contributed by atoms with Gasteiger partial charge in [-0.3, -0.25) is 4.79 Å². The van der Waals surface area contributed by atoms with Crippen molar-refractivity contribution >= 4 is 24.3 Å². The summed E-state index contributed by atoms with van der Waals surface area (Å²) in [6.45, 7) is 0.266. The van der Waals surface area contributed by atoms with E-state index < -0.39 is 5.91 Å². The minimum atomic E-state index is -0.630. The normalized spacial score (nSPS) is 10.9. The van der Waals surface area contributed by atoms with Crippen LogP contribution >= 0.6 is 12.6 Å². The number of carbonyl (C=O) groups excluding carboxylic acids is 1. The van der Waals surface area contributed by atoms with Gasteiger partial charge in [-0.15, -0.1) is 17.7 Å². The van der Waals surface area contributed by atoms with Crippen LogP contribution in [0.2, 0.25) is 0 Å². The van der Waals surface area contributed by atoms with Gasteiger partial charge in [0.15, 0.2) is 5.82 Å². The number of methoxy groups -OCH3 is 1. The second-order valence-electron chi connectivity index (χ2n) is 3.04. The van der Waals surface area contributed by atoms with Crippen LogP contribution in [0, 0.1) is 0 Å². The van der Waals surface area contributed by atoms with Gasteiger partial charge in [0.2, 0.25) is 0 Å². The standard InChI is InChI=1S/C8H9N5O2S/c1-15-3-5-11-8-10-4(7(9)14)2-6(16)13(8)12-5/h2,16H,3H2,1H3,(H2,9,14). The Morgan fingerprint density at radius 3 is 3.00 bits per heavy atom. The van der Waals surface area contributed by atoms with Crippen molar-refractivity contribution in [2.45, 2.75) is 11.6 Å². The predicted molar refractivity (Wildman–Crippen MR) is 57.3 cm³/mol. The Morgan fingerprint density at radius 1 is 1.62 bits per heavy atom. The number of fused-ring (bicyclic) bond motifs is 1. The fourth-order valence-corrected chi connectivity index (χ4v) is 1.47. The smallest absolute Gasteiger partial charge is 0.267 e. The highest BCUT2D eigenvalue weighted by atomic mass is 32.1. The molecule has 2 rings (SSSR count). The average molecular weight is 239 g/mol. The van der Waals surface area contributed by atoms with E-state index in [1.807, 2.05) is 0 Å². The molecule has 16 heavy (non-hydrogen) atoms. The van der Waals surface area contributed by atoms with E-state index in [4.69, 9.17) is 10.5 Å². The summed E-state index contributed by atoms with van der Waals surface area (Å²) in [6.07, 6.45) is 0. The molecule has 0 saturated heterocycles. The monoisotopic (exact) mass is 239 g/mol. The molecule has 84 valence electrons. The molecule has 1 amide bonds. The first-order chi connectivity index (χ1) is 7.61. The van der Waals surface area contributed by atoms with E-state index >= 15 is 0 Å². The van der Waals surface area contributed by atoms with E-state index in [1.54, 1.807) is 0 Å². The maximum atomic E-state index is 11.0. The third-order valence-electron chi connectivity index (χ3n) is 1.86. The third kappa shape index (κ3) is 1.84. The summed E-state index contributed by atoms with van der Waals surface area (Å²) in [6, 6.07) is 1.43. The van der Waals surface area contributed by atoms with Crippen LogP contribution in [0.5, 0.6) is 0 Å². The first kappa shape index (κ1) is 10.8. The number of aromatic nitrogens is 4. The van der Waals surface area contributed by atoms with Gasteiger partial charge in [0.25, 0.3) is 11.7 Å². The van der Waals surface area contributed by atoms with Gasteiger partial charge in [0, 0.05) is 13.2 Å². The van der Waals surface area contributed by atoms with E-state index in [2.05, 4.69) is 27.7 Å². The van der Waals surface area contributed by atoms with Gasteiger partial charge in [-0.2, -0.15) is 9.50 Å². The fraction of sp³-hybridized carbons (Fsp3) is 0.250. The molecule has 0 unspecified atom stereocenters. The SMILES string of the molecule is COCc1nc2nc(C(N)=O)cc(S)n2n1. The van der Waals surface area contributed by atoms with Gasteiger partial charge in [0.05, 0.1) is 0 Å². The van der Waals surface area contributed by atoms with E-state index in [0.29, 0.717) is 10.9 Å². The second kappa shape index (κ2) is 4.06. The minimum Gasteiger partial charge on any atom is -0.377 e. The number of rotatable bonds is 3. The first-order valence-corrected chi connectivity index (χ1v) is 4.81. The zero-order chi connectivity index (χ0) is 11.7. The lowest BCUT2D eigenvalue weighted by Gasteiger charge is -1.98. The van der Waals surface area contributed by atoms with Crippen LogP contribution in [-0.2, 0) is 11.3 Å². The summed E-state index contributed by atoms with van der Waals surface area (Å²) in [5, 5.41) is 4.53. The van der Waals surface area contributed by atoms with Gasteiger partial charge in [-0.25, -0.2) is 4.98 Å². The van der Waals surface area contributed by atoms with Gasteiger partial charge in [-0.1, -0.05) is 0 Å². The number of hydrogen-bond donors (Lipinski definition) is 2. The van der Waals surface area contributed by atoms with E-state index in [1.165, 1.54) is 17.7 Å². The summed E-state index contributed by atoms with van der Waals surface area (Å²) in [7, 11) is 1.54. The van der Waals surface area contributed by atoms with Crippen molar-refractivity contribution in [1.82, 2.24) is 19.6 Å². The molecule has 0 saturated carbocycles. The van der Waals surface area contributed by atoms with Crippen molar-refractivity contribution in [1.29, 1.82) is 0 Å². The molecule has 2 aromatic heterocycles. The van der Waals surface area contributed by atoms with Crippen LogP contribution in [0.25, 0.3) is 5.78 Å². The Balaban J connectivity index is 2.58. The highest BCUT2D eigenvalue weighted by Crippen LogP contribution is 2.10. The van der Waals surface area contributed by atoms with Crippen LogP contribution in [0.3, 0.4) is 0 Å². The summed E-state index contributed by atoms with van der Waals surface area (Å²) < 4.78 is 6.30. The molecule has 2 N–H and O–H groups in total. The summed E-state index contributed by atoms with van der Waals surface area (Å²) in [4.78, 5) is 19.0.